The Morgan fingerprint density at radius 3 is 2.50 bits per heavy atom. The van der Waals surface area contributed by atoms with E-state index in [0.717, 1.165) is 23.0 Å². The molecule has 0 bridgehead atoms. The molecule has 0 spiro atoms. The second-order valence-electron chi connectivity index (χ2n) is 6.22. The lowest BCUT2D eigenvalue weighted by molar-refractivity contribution is -0.135. The molecule has 2 rings (SSSR count). The molecular formula is C17H23BrN2O2. The van der Waals surface area contributed by atoms with Crippen LogP contribution in [0.15, 0.2) is 28.7 Å². The van der Waals surface area contributed by atoms with E-state index in [9.17, 15) is 9.59 Å². The molecule has 1 heterocycles. The van der Waals surface area contributed by atoms with Gasteiger partial charge in [0.1, 0.15) is 0 Å². The van der Waals surface area contributed by atoms with E-state index < -0.39 is 0 Å². The van der Waals surface area contributed by atoms with Gasteiger partial charge in [-0.25, -0.2) is 0 Å². The van der Waals surface area contributed by atoms with Crippen LogP contribution in [-0.2, 0) is 9.59 Å². The highest BCUT2D eigenvalue weighted by molar-refractivity contribution is 9.10. The molecule has 1 aromatic rings. The number of piperidine rings is 1. The van der Waals surface area contributed by atoms with E-state index in [0.29, 0.717) is 25.4 Å². The van der Waals surface area contributed by atoms with Gasteiger partial charge in [0, 0.05) is 29.9 Å². The molecule has 1 aliphatic rings. The van der Waals surface area contributed by atoms with E-state index in [1.165, 1.54) is 0 Å². The highest BCUT2D eigenvalue weighted by Crippen LogP contribution is 2.24. The molecule has 0 unspecified atom stereocenters. The zero-order valence-electron chi connectivity index (χ0n) is 13.1. The maximum absolute atomic E-state index is 12.3. The Hall–Kier alpha value is -1.36. The second-order valence-corrected chi connectivity index (χ2v) is 7.08. The van der Waals surface area contributed by atoms with Crippen LogP contribution in [0, 0.1) is 11.8 Å². The Morgan fingerprint density at radius 2 is 1.91 bits per heavy atom. The fourth-order valence-electron chi connectivity index (χ4n) is 2.67. The van der Waals surface area contributed by atoms with Crippen LogP contribution in [0.25, 0.3) is 0 Å². The molecule has 0 radical (unpaired) electrons. The lowest BCUT2D eigenvalue weighted by atomic mass is 9.95. The topological polar surface area (TPSA) is 49.4 Å². The predicted molar refractivity (Wildman–Crippen MR) is 91.5 cm³/mol. The number of rotatable bonds is 4. The van der Waals surface area contributed by atoms with Gasteiger partial charge in [0.25, 0.3) is 0 Å². The molecule has 1 saturated heterocycles. The van der Waals surface area contributed by atoms with Crippen LogP contribution in [0.2, 0.25) is 0 Å². The minimum absolute atomic E-state index is 0.0183. The van der Waals surface area contributed by atoms with Crippen LogP contribution in [0.4, 0.5) is 5.69 Å². The highest BCUT2D eigenvalue weighted by Gasteiger charge is 2.27. The van der Waals surface area contributed by atoms with E-state index >= 15 is 0 Å². The van der Waals surface area contributed by atoms with Crippen molar-refractivity contribution in [2.75, 3.05) is 18.4 Å². The monoisotopic (exact) mass is 366 g/mol. The number of carbonyl (C=O) groups excluding carboxylic acids is 2. The quantitative estimate of drug-likeness (QED) is 0.883. The molecule has 5 heteroatoms. The number of halogens is 1. The highest BCUT2D eigenvalue weighted by atomic mass is 79.9. The first-order valence-electron chi connectivity index (χ1n) is 7.80. The van der Waals surface area contributed by atoms with Crippen LogP contribution in [0.5, 0.6) is 0 Å². The maximum Gasteiger partial charge on any atom is 0.227 e. The predicted octanol–water partition coefficient (Wildman–Crippen LogP) is 3.67. The van der Waals surface area contributed by atoms with Gasteiger partial charge in [-0.1, -0.05) is 26.0 Å². The molecule has 1 fully saturated rings. The van der Waals surface area contributed by atoms with Gasteiger partial charge in [-0.15, -0.1) is 0 Å². The van der Waals surface area contributed by atoms with Crippen LogP contribution in [-0.4, -0.2) is 29.8 Å². The summed E-state index contributed by atoms with van der Waals surface area (Å²) in [6, 6.07) is 7.60. The van der Waals surface area contributed by atoms with Crippen molar-refractivity contribution < 1.29 is 9.59 Å². The molecule has 1 aromatic carbocycles. The number of likely N-dealkylation sites (tertiary alicyclic amines) is 1. The third kappa shape index (κ3) is 4.57. The molecule has 120 valence electrons. The van der Waals surface area contributed by atoms with Gasteiger partial charge in [0.2, 0.25) is 11.8 Å². The maximum atomic E-state index is 12.3. The van der Waals surface area contributed by atoms with Crippen molar-refractivity contribution in [1.29, 1.82) is 0 Å². The number of benzene rings is 1. The SMILES string of the molecule is CC(C)CC(=O)N1CCC(C(=O)Nc2ccccc2Br)CC1. The number of hydrogen-bond acceptors (Lipinski definition) is 2. The first-order chi connectivity index (χ1) is 10.5. The molecule has 0 aromatic heterocycles. The van der Waals surface area contributed by atoms with Gasteiger partial charge in [-0.2, -0.15) is 0 Å². The molecule has 0 aliphatic carbocycles. The largest absolute Gasteiger partial charge is 0.343 e. The molecular weight excluding hydrogens is 344 g/mol. The van der Waals surface area contributed by atoms with E-state index in [4.69, 9.17) is 0 Å². The Kier molecular flexibility index (Phi) is 6.00. The summed E-state index contributed by atoms with van der Waals surface area (Å²) >= 11 is 3.43. The zero-order chi connectivity index (χ0) is 16.1. The van der Waals surface area contributed by atoms with Gasteiger partial charge in [-0.3, -0.25) is 9.59 Å². The summed E-state index contributed by atoms with van der Waals surface area (Å²) in [5.74, 6) is 0.613. The van der Waals surface area contributed by atoms with E-state index in [1.807, 2.05) is 29.2 Å². The van der Waals surface area contributed by atoms with Crippen molar-refractivity contribution in [3.05, 3.63) is 28.7 Å². The Morgan fingerprint density at radius 1 is 1.27 bits per heavy atom. The molecule has 0 saturated carbocycles. The van der Waals surface area contributed by atoms with Crippen molar-refractivity contribution in [3.63, 3.8) is 0 Å². The van der Waals surface area contributed by atoms with Crippen LogP contribution >= 0.6 is 15.9 Å². The van der Waals surface area contributed by atoms with Crippen LogP contribution < -0.4 is 5.32 Å². The number of amides is 2. The summed E-state index contributed by atoms with van der Waals surface area (Å²) in [6.07, 6.45) is 2.06. The average Bonchev–Trinajstić information content (AvgIpc) is 2.49. The lowest BCUT2D eigenvalue weighted by Gasteiger charge is -2.32. The van der Waals surface area contributed by atoms with Crippen molar-refractivity contribution in [1.82, 2.24) is 4.90 Å². The first-order valence-corrected chi connectivity index (χ1v) is 8.60. The number of hydrogen-bond donors (Lipinski definition) is 1. The van der Waals surface area contributed by atoms with Crippen LogP contribution in [0.1, 0.15) is 33.1 Å². The summed E-state index contributed by atoms with van der Waals surface area (Å²) in [4.78, 5) is 26.3. The van der Waals surface area contributed by atoms with Gasteiger partial charge in [0.15, 0.2) is 0 Å². The molecule has 1 aliphatic heterocycles. The summed E-state index contributed by atoms with van der Waals surface area (Å²) in [6.45, 7) is 5.46. The lowest BCUT2D eigenvalue weighted by Crippen LogP contribution is -2.41. The Balaban J connectivity index is 1.85. The van der Waals surface area contributed by atoms with E-state index in [1.54, 1.807) is 0 Å². The van der Waals surface area contributed by atoms with Crippen molar-refractivity contribution >= 4 is 33.4 Å². The molecule has 0 atom stereocenters. The third-order valence-corrected chi connectivity index (χ3v) is 4.62. The fourth-order valence-corrected chi connectivity index (χ4v) is 3.05. The normalized spacial score (nSPS) is 15.9. The number of carbonyl (C=O) groups is 2. The summed E-state index contributed by atoms with van der Waals surface area (Å²) in [5.41, 5.74) is 0.797. The molecule has 2 amide bonds. The van der Waals surface area contributed by atoms with Gasteiger partial charge in [0.05, 0.1) is 5.69 Å². The zero-order valence-corrected chi connectivity index (χ0v) is 14.7. The minimum Gasteiger partial charge on any atom is -0.343 e. The Labute approximate surface area is 140 Å². The van der Waals surface area contributed by atoms with Crippen molar-refractivity contribution in [2.24, 2.45) is 11.8 Å². The number of anilines is 1. The number of nitrogens with one attached hydrogen (secondary N) is 1. The third-order valence-electron chi connectivity index (χ3n) is 3.93. The summed E-state index contributed by atoms with van der Waals surface area (Å²) in [5, 5.41) is 2.97. The smallest absolute Gasteiger partial charge is 0.227 e. The number of para-hydroxylation sites is 1. The molecule has 22 heavy (non-hydrogen) atoms. The van der Waals surface area contributed by atoms with E-state index in [2.05, 4.69) is 35.1 Å². The minimum atomic E-state index is -0.0183. The van der Waals surface area contributed by atoms with Crippen molar-refractivity contribution in [3.8, 4) is 0 Å². The number of nitrogens with zero attached hydrogens (tertiary/aromatic N) is 1. The van der Waals surface area contributed by atoms with Crippen LogP contribution in [0.3, 0.4) is 0 Å². The average molecular weight is 367 g/mol. The summed E-state index contributed by atoms with van der Waals surface area (Å²) in [7, 11) is 0. The van der Waals surface area contributed by atoms with E-state index in [-0.39, 0.29) is 17.7 Å². The van der Waals surface area contributed by atoms with Gasteiger partial charge in [-0.05, 0) is 46.8 Å². The fraction of sp³-hybridized carbons (Fsp3) is 0.529. The van der Waals surface area contributed by atoms with Gasteiger partial charge >= 0.3 is 0 Å². The first kappa shape index (κ1) is 17.0. The van der Waals surface area contributed by atoms with Gasteiger partial charge < -0.3 is 10.2 Å². The summed E-state index contributed by atoms with van der Waals surface area (Å²) < 4.78 is 0.882. The molecule has 1 N–H and O–H groups in total. The standard InChI is InChI=1S/C17H23BrN2O2/c1-12(2)11-16(21)20-9-7-13(8-10-20)17(22)19-15-6-4-3-5-14(15)18/h3-6,12-13H,7-11H2,1-2H3,(H,19,22). The second kappa shape index (κ2) is 7.77. The van der Waals surface area contributed by atoms with Crippen molar-refractivity contribution in [2.45, 2.75) is 33.1 Å². The Bertz CT molecular complexity index is 537. The molecule has 4 nitrogen and oxygen atoms in total.